The van der Waals surface area contributed by atoms with Crippen molar-refractivity contribution in [1.29, 1.82) is 0 Å². The zero-order valence-corrected chi connectivity index (χ0v) is 9.07. The molecule has 0 bridgehead atoms. The molecule has 0 aromatic heterocycles. The third-order valence-electron chi connectivity index (χ3n) is 2.09. The largest absolute Gasteiger partial charge is 0.497 e. The summed E-state index contributed by atoms with van der Waals surface area (Å²) in [6.07, 6.45) is 0.873. The van der Waals surface area contributed by atoms with Crippen molar-refractivity contribution in [2.75, 3.05) is 28.3 Å². The van der Waals surface area contributed by atoms with Gasteiger partial charge in [0.2, 0.25) is 0 Å². The molecule has 0 atom stereocenters. The smallest absolute Gasteiger partial charge is 0.156 e. The molecule has 0 spiro atoms. The zero-order chi connectivity index (χ0) is 10.8. The molecule has 0 fully saturated rings. The summed E-state index contributed by atoms with van der Waals surface area (Å²) in [6.45, 7) is 0. The molecule has 3 nitrogen and oxygen atoms in total. The van der Waals surface area contributed by atoms with E-state index in [0.717, 1.165) is 17.7 Å². The Morgan fingerprint density at radius 3 is 2.36 bits per heavy atom. The molecule has 0 heterocycles. The molecule has 0 saturated heterocycles. The first-order valence-corrected chi connectivity index (χ1v) is 4.44. The van der Waals surface area contributed by atoms with Crippen LogP contribution in [0.25, 0.3) is 0 Å². The lowest BCUT2D eigenvalue weighted by molar-refractivity contribution is 0.112. The van der Waals surface area contributed by atoms with Gasteiger partial charge < -0.3 is 4.74 Å². The molecule has 1 rings (SSSR count). The molecule has 1 aromatic carbocycles. The zero-order valence-electron chi connectivity index (χ0n) is 9.07. The predicted molar refractivity (Wildman–Crippen MR) is 57.9 cm³/mol. The van der Waals surface area contributed by atoms with Crippen LogP contribution in [0.1, 0.15) is 10.4 Å². The number of carbonyl (C=O) groups excluding carboxylic acids is 1. The highest BCUT2D eigenvalue weighted by molar-refractivity contribution is 5.84. The second-order valence-corrected chi connectivity index (χ2v) is 4.06. The molecular formula is C11H16NO2+. The lowest BCUT2D eigenvalue weighted by atomic mass is 10.1. The Morgan fingerprint density at radius 1 is 1.29 bits per heavy atom. The number of benzene rings is 1. The molecule has 0 saturated carbocycles. The van der Waals surface area contributed by atoms with Gasteiger partial charge in [-0.15, -0.1) is 0 Å². The average Bonchev–Trinajstić information content (AvgIpc) is 2.15. The van der Waals surface area contributed by atoms with Crippen molar-refractivity contribution in [2.45, 2.75) is 0 Å². The first-order chi connectivity index (χ1) is 6.49. The highest BCUT2D eigenvalue weighted by atomic mass is 16.5. The van der Waals surface area contributed by atoms with Crippen LogP contribution in [0.4, 0.5) is 5.69 Å². The SMILES string of the molecule is COc1ccc(C=O)c([N+](C)(C)C)c1. The number of aldehydes is 1. The van der Waals surface area contributed by atoms with Crippen molar-refractivity contribution in [3.8, 4) is 5.75 Å². The van der Waals surface area contributed by atoms with Gasteiger partial charge in [0.15, 0.2) is 6.29 Å². The van der Waals surface area contributed by atoms with Gasteiger partial charge in [-0.25, -0.2) is 0 Å². The topological polar surface area (TPSA) is 26.3 Å². The van der Waals surface area contributed by atoms with Gasteiger partial charge in [0, 0.05) is 6.07 Å². The van der Waals surface area contributed by atoms with Gasteiger partial charge in [0.05, 0.1) is 33.8 Å². The Balaban J connectivity index is 3.29. The highest BCUT2D eigenvalue weighted by Gasteiger charge is 2.17. The van der Waals surface area contributed by atoms with Gasteiger partial charge in [-0.3, -0.25) is 9.28 Å². The summed E-state index contributed by atoms with van der Waals surface area (Å²) in [5.41, 5.74) is 1.66. The van der Waals surface area contributed by atoms with Crippen LogP contribution < -0.4 is 9.22 Å². The average molecular weight is 194 g/mol. The first-order valence-electron chi connectivity index (χ1n) is 4.44. The molecular weight excluding hydrogens is 178 g/mol. The standard InChI is InChI=1S/C11H16NO2/c1-12(2,3)11-7-10(14-4)6-5-9(11)8-13/h5-8H,1-4H3/q+1. The van der Waals surface area contributed by atoms with E-state index in [1.807, 2.05) is 27.2 Å². The number of methoxy groups -OCH3 is 1. The van der Waals surface area contributed by atoms with Gasteiger partial charge in [-0.1, -0.05) is 0 Å². The summed E-state index contributed by atoms with van der Waals surface area (Å²) in [7, 11) is 7.67. The number of rotatable bonds is 3. The van der Waals surface area contributed by atoms with Crippen LogP contribution in [0, 0.1) is 0 Å². The Hall–Kier alpha value is -1.35. The first kappa shape index (κ1) is 10.7. The van der Waals surface area contributed by atoms with Crippen molar-refractivity contribution in [3.63, 3.8) is 0 Å². The van der Waals surface area contributed by atoms with Crippen LogP contribution >= 0.6 is 0 Å². The van der Waals surface area contributed by atoms with E-state index in [1.165, 1.54) is 0 Å². The molecule has 0 aliphatic rings. The molecule has 0 N–H and O–H groups in total. The second kappa shape index (κ2) is 3.80. The number of hydrogen-bond donors (Lipinski definition) is 0. The lowest BCUT2D eigenvalue weighted by Crippen LogP contribution is -2.35. The fourth-order valence-electron chi connectivity index (χ4n) is 1.33. The van der Waals surface area contributed by atoms with Crippen LogP contribution in [0.2, 0.25) is 0 Å². The van der Waals surface area contributed by atoms with E-state index in [4.69, 9.17) is 4.74 Å². The van der Waals surface area contributed by atoms with Crippen LogP contribution in [0.5, 0.6) is 5.75 Å². The number of ether oxygens (including phenoxy) is 1. The third-order valence-corrected chi connectivity index (χ3v) is 2.09. The fraction of sp³-hybridized carbons (Fsp3) is 0.364. The molecule has 0 unspecified atom stereocenters. The number of hydrogen-bond acceptors (Lipinski definition) is 2. The fourth-order valence-corrected chi connectivity index (χ4v) is 1.33. The van der Waals surface area contributed by atoms with Crippen molar-refractivity contribution in [1.82, 2.24) is 4.48 Å². The summed E-state index contributed by atoms with van der Waals surface area (Å²) in [6, 6.07) is 5.47. The quantitative estimate of drug-likeness (QED) is 0.541. The van der Waals surface area contributed by atoms with Gasteiger partial charge in [0.1, 0.15) is 11.4 Å². The normalized spacial score (nSPS) is 11.1. The van der Waals surface area contributed by atoms with Crippen LogP contribution in [0.3, 0.4) is 0 Å². The van der Waals surface area contributed by atoms with Gasteiger partial charge in [-0.05, 0) is 12.1 Å². The van der Waals surface area contributed by atoms with Gasteiger partial charge in [-0.2, -0.15) is 0 Å². The van der Waals surface area contributed by atoms with E-state index >= 15 is 0 Å². The minimum Gasteiger partial charge on any atom is -0.497 e. The monoisotopic (exact) mass is 194 g/mol. The molecule has 3 heteroatoms. The van der Waals surface area contributed by atoms with Crippen LogP contribution in [-0.4, -0.2) is 34.5 Å². The molecule has 0 radical (unpaired) electrons. The van der Waals surface area contributed by atoms with E-state index in [2.05, 4.69) is 0 Å². The van der Waals surface area contributed by atoms with E-state index in [-0.39, 0.29) is 0 Å². The maximum atomic E-state index is 10.8. The summed E-state index contributed by atoms with van der Waals surface area (Å²) in [5, 5.41) is 0. The van der Waals surface area contributed by atoms with Crippen molar-refractivity contribution in [2.24, 2.45) is 0 Å². The summed E-state index contributed by atoms with van der Waals surface area (Å²) < 4.78 is 5.73. The summed E-state index contributed by atoms with van der Waals surface area (Å²) in [4.78, 5) is 10.8. The van der Waals surface area contributed by atoms with E-state index in [0.29, 0.717) is 10.0 Å². The molecule has 0 aliphatic heterocycles. The van der Waals surface area contributed by atoms with Crippen LogP contribution in [0.15, 0.2) is 18.2 Å². The molecule has 1 aromatic rings. The lowest BCUT2D eigenvalue weighted by Gasteiger charge is -2.25. The molecule has 14 heavy (non-hydrogen) atoms. The van der Waals surface area contributed by atoms with Crippen molar-refractivity contribution < 1.29 is 9.53 Å². The van der Waals surface area contributed by atoms with Crippen molar-refractivity contribution >= 4 is 12.0 Å². The number of quaternary nitrogens is 1. The summed E-state index contributed by atoms with van der Waals surface area (Å²) >= 11 is 0. The maximum Gasteiger partial charge on any atom is 0.156 e. The third kappa shape index (κ3) is 2.12. The van der Waals surface area contributed by atoms with E-state index in [1.54, 1.807) is 19.2 Å². The Kier molecular flexibility index (Phi) is 2.91. The molecule has 0 aliphatic carbocycles. The Morgan fingerprint density at radius 2 is 1.93 bits per heavy atom. The second-order valence-electron chi connectivity index (χ2n) is 4.06. The minimum atomic E-state index is 0.602. The minimum absolute atomic E-state index is 0.602. The number of carbonyl (C=O) groups is 1. The van der Waals surface area contributed by atoms with Gasteiger partial charge in [0.25, 0.3) is 0 Å². The molecule has 0 amide bonds. The summed E-state index contributed by atoms with van der Waals surface area (Å²) in [5.74, 6) is 0.777. The highest BCUT2D eigenvalue weighted by Crippen LogP contribution is 2.26. The Bertz CT molecular complexity index is 340. The Labute approximate surface area is 84.5 Å². The predicted octanol–water partition coefficient (Wildman–Crippen LogP) is 1.70. The molecule has 76 valence electrons. The maximum absolute atomic E-state index is 10.8. The van der Waals surface area contributed by atoms with Crippen LogP contribution in [-0.2, 0) is 0 Å². The number of nitrogens with zero attached hydrogens (tertiary/aromatic N) is 1. The van der Waals surface area contributed by atoms with Gasteiger partial charge >= 0.3 is 0 Å². The van der Waals surface area contributed by atoms with Crippen molar-refractivity contribution in [3.05, 3.63) is 23.8 Å². The van der Waals surface area contributed by atoms with E-state index in [9.17, 15) is 4.79 Å². The van der Waals surface area contributed by atoms with E-state index < -0.39 is 0 Å².